The number of esters is 1. The van der Waals surface area contributed by atoms with Crippen LogP contribution in [0.25, 0.3) is 5.76 Å². The molecule has 10 nitrogen and oxygen atoms in total. The van der Waals surface area contributed by atoms with Gasteiger partial charge in [-0.2, -0.15) is 0 Å². The number of aryl methyl sites for hydroxylation is 2. The van der Waals surface area contributed by atoms with Crippen LogP contribution in [0.2, 0.25) is 0 Å². The molecule has 3 aromatic rings. The molecule has 1 saturated heterocycles. The van der Waals surface area contributed by atoms with Crippen molar-refractivity contribution in [2.24, 2.45) is 0 Å². The lowest BCUT2D eigenvalue weighted by Gasteiger charge is -2.24. The Labute approximate surface area is 235 Å². The molecule has 0 spiro atoms. The molecule has 0 radical (unpaired) electrons. The molecule has 1 fully saturated rings. The van der Waals surface area contributed by atoms with Crippen LogP contribution in [0.1, 0.15) is 58.9 Å². The van der Waals surface area contributed by atoms with Gasteiger partial charge < -0.3 is 24.4 Å². The van der Waals surface area contributed by atoms with Gasteiger partial charge >= 0.3 is 11.9 Å². The molecule has 1 amide bonds. The van der Waals surface area contributed by atoms with Crippen molar-refractivity contribution in [2.45, 2.75) is 40.7 Å². The predicted molar refractivity (Wildman–Crippen MR) is 149 cm³/mol. The average molecular weight is 567 g/mol. The van der Waals surface area contributed by atoms with E-state index in [4.69, 9.17) is 14.2 Å². The fraction of sp³-hybridized carbons (Fsp3) is 0.310. The Morgan fingerprint density at radius 1 is 1.02 bits per heavy atom. The van der Waals surface area contributed by atoms with E-state index < -0.39 is 23.7 Å². The Kier molecular flexibility index (Phi) is 8.43. The minimum atomic E-state index is -1.13. The summed E-state index contributed by atoms with van der Waals surface area (Å²) in [6.45, 7) is 9.52. The molecule has 0 aliphatic carbocycles. The van der Waals surface area contributed by atoms with Gasteiger partial charge in [0.15, 0.2) is 16.6 Å². The van der Waals surface area contributed by atoms with Gasteiger partial charge in [-0.1, -0.05) is 17.4 Å². The second-order valence-electron chi connectivity index (χ2n) is 8.87. The summed E-state index contributed by atoms with van der Waals surface area (Å²) >= 11 is 0.913. The molecule has 1 unspecified atom stereocenters. The number of phenolic OH excluding ortho intramolecular Hbond substituents is 1. The number of rotatable bonds is 9. The number of Topliss-reactive ketones (excluding diaryl/α,β-unsaturated/α-hetero) is 1. The summed E-state index contributed by atoms with van der Waals surface area (Å²) in [4.78, 5) is 45.3. The molecule has 210 valence electrons. The normalized spacial score (nSPS) is 16.3. The zero-order valence-corrected chi connectivity index (χ0v) is 23.6. The Morgan fingerprint density at radius 2 is 1.75 bits per heavy atom. The molecule has 1 aromatic heterocycles. The Morgan fingerprint density at radius 3 is 2.40 bits per heavy atom. The van der Waals surface area contributed by atoms with Crippen LogP contribution in [0.3, 0.4) is 0 Å². The van der Waals surface area contributed by atoms with Gasteiger partial charge in [-0.3, -0.25) is 14.5 Å². The second-order valence-corrected chi connectivity index (χ2v) is 9.85. The summed E-state index contributed by atoms with van der Waals surface area (Å²) < 4.78 is 16.2. The second kappa shape index (κ2) is 11.8. The maximum Gasteiger partial charge on any atom is 0.350 e. The summed E-state index contributed by atoms with van der Waals surface area (Å²) in [5, 5.41) is 21.9. The van der Waals surface area contributed by atoms with Crippen molar-refractivity contribution in [3.05, 3.63) is 69.2 Å². The van der Waals surface area contributed by atoms with Gasteiger partial charge in [-0.25, -0.2) is 9.78 Å². The van der Waals surface area contributed by atoms with Crippen molar-refractivity contribution >= 4 is 39.9 Å². The third kappa shape index (κ3) is 5.24. The average Bonchev–Trinajstić information content (AvgIpc) is 3.42. The maximum atomic E-state index is 13.5. The molecule has 1 aliphatic heterocycles. The minimum absolute atomic E-state index is 0.0844. The zero-order chi connectivity index (χ0) is 29.1. The third-order valence-corrected chi connectivity index (χ3v) is 7.40. The zero-order valence-electron chi connectivity index (χ0n) is 22.8. The third-order valence-electron chi connectivity index (χ3n) is 6.26. The van der Waals surface area contributed by atoms with Crippen molar-refractivity contribution in [1.82, 2.24) is 4.98 Å². The Hall–Kier alpha value is -4.38. The van der Waals surface area contributed by atoms with Crippen LogP contribution in [0.4, 0.5) is 5.13 Å². The number of aliphatic hydroxyl groups is 1. The van der Waals surface area contributed by atoms with Crippen LogP contribution < -0.4 is 14.4 Å². The molecule has 2 N–H and O–H groups in total. The fourth-order valence-corrected chi connectivity index (χ4v) is 5.48. The number of anilines is 1. The molecule has 40 heavy (non-hydrogen) atoms. The number of aromatic hydroxyl groups is 1. The van der Waals surface area contributed by atoms with Crippen LogP contribution in [-0.2, 0) is 14.3 Å². The molecular weight excluding hydrogens is 536 g/mol. The summed E-state index contributed by atoms with van der Waals surface area (Å²) in [6, 6.07) is 8.31. The summed E-state index contributed by atoms with van der Waals surface area (Å²) in [5.74, 6) is -2.21. The molecular formula is C29H30N2O8S. The van der Waals surface area contributed by atoms with E-state index in [1.165, 1.54) is 18.2 Å². The molecule has 1 aliphatic rings. The molecule has 0 bridgehead atoms. The lowest BCUT2D eigenvalue weighted by Crippen LogP contribution is -2.29. The van der Waals surface area contributed by atoms with E-state index in [2.05, 4.69) is 4.98 Å². The van der Waals surface area contributed by atoms with Crippen molar-refractivity contribution in [2.75, 3.05) is 24.7 Å². The lowest BCUT2D eigenvalue weighted by atomic mass is 9.93. The van der Waals surface area contributed by atoms with E-state index in [1.54, 1.807) is 45.9 Å². The van der Waals surface area contributed by atoms with Crippen LogP contribution in [0.15, 0.2) is 42.0 Å². The molecule has 0 saturated carbocycles. The highest BCUT2D eigenvalue weighted by Crippen LogP contribution is 2.45. The highest BCUT2D eigenvalue weighted by Gasteiger charge is 2.48. The number of thiazole rings is 1. The van der Waals surface area contributed by atoms with Gasteiger partial charge in [0, 0.05) is 5.56 Å². The largest absolute Gasteiger partial charge is 0.507 e. The smallest absolute Gasteiger partial charge is 0.350 e. The van der Waals surface area contributed by atoms with E-state index in [0.717, 1.165) is 16.2 Å². The van der Waals surface area contributed by atoms with Gasteiger partial charge in [0.2, 0.25) is 0 Å². The van der Waals surface area contributed by atoms with E-state index in [0.29, 0.717) is 34.7 Å². The SMILES string of the molecule is CCOC(=O)c1sc(N2C(=O)C(=O)C(=C(O)c3ccc(OCC)cc3C)C2c2ccc(O)c(OCC)c2)nc1C. The number of aliphatic hydroxyl groups excluding tert-OH is 1. The van der Waals surface area contributed by atoms with E-state index in [9.17, 15) is 24.6 Å². The van der Waals surface area contributed by atoms with E-state index >= 15 is 0 Å². The standard InChI is InChI=1S/C29H30N2O8S/c1-6-37-18-10-11-19(15(4)13-18)24(33)22-23(17-9-12-20(32)21(14-17)38-7-2)31(27(35)25(22)34)29-30-16(5)26(40-29)28(36)39-8-3/h9-14,23,32-33H,6-8H2,1-5H3. The number of benzene rings is 2. The highest BCUT2D eigenvalue weighted by molar-refractivity contribution is 7.17. The lowest BCUT2D eigenvalue weighted by molar-refractivity contribution is -0.132. The molecule has 11 heteroatoms. The molecule has 4 rings (SSSR count). The molecule has 2 aromatic carbocycles. The first kappa shape index (κ1) is 28.6. The number of phenols is 1. The van der Waals surface area contributed by atoms with Crippen molar-refractivity contribution in [3.63, 3.8) is 0 Å². The Balaban J connectivity index is 1.94. The maximum absolute atomic E-state index is 13.5. The number of amides is 1. The van der Waals surface area contributed by atoms with Crippen molar-refractivity contribution in [1.29, 1.82) is 0 Å². The number of hydrogen-bond donors (Lipinski definition) is 2. The van der Waals surface area contributed by atoms with E-state index in [-0.39, 0.29) is 46.1 Å². The van der Waals surface area contributed by atoms with Gasteiger partial charge in [-0.05, 0) is 76.1 Å². The van der Waals surface area contributed by atoms with Gasteiger partial charge in [-0.15, -0.1) is 0 Å². The first-order chi connectivity index (χ1) is 19.1. The first-order valence-corrected chi connectivity index (χ1v) is 13.6. The quantitative estimate of drug-likeness (QED) is 0.158. The van der Waals surface area contributed by atoms with Crippen LogP contribution in [0.5, 0.6) is 17.2 Å². The van der Waals surface area contributed by atoms with Gasteiger partial charge in [0.25, 0.3) is 5.78 Å². The summed E-state index contributed by atoms with van der Waals surface area (Å²) in [6.07, 6.45) is 0. The minimum Gasteiger partial charge on any atom is -0.507 e. The van der Waals surface area contributed by atoms with Gasteiger partial charge in [0.1, 0.15) is 16.4 Å². The summed E-state index contributed by atoms with van der Waals surface area (Å²) in [5.41, 5.74) is 1.52. The van der Waals surface area contributed by atoms with Crippen molar-refractivity contribution in [3.8, 4) is 17.2 Å². The number of ketones is 1. The number of carbonyl (C=O) groups is 3. The number of carbonyl (C=O) groups excluding carboxylic acids is 3. The Bertz CT molecular complexity index is 1510. The van der Waals surface area contributed by atoms with E-state index in [1.807, 2.05) is 6.92 Å². The van der Waals surface area contributed by atoms with Crippen LogP contribution in [-0.4, -0.2) is 52.7 Å². The van der Waals surface area contributed by atoms with Gasteiger partial charge in [0.05, 0.1) is 37.1 Å². The van der Waals surface area contributed by atoms with Crippen LogP contribution >= 0.6 is 11.3 Å². The number of nitrogens with zero attached hydrogens (tertiary/aromatic N) is 2. The number of ether oxygens (including phenoxy) is 3. The number of aromatic nitrogens is 1. The highest BCUT2D eigenvalue weighted by atomic mass is 32.1. The molecule has 1 atom stereocenters. The monoisotopic (exact) mass is 566 g/mol. The van der Waals surface area contributed by atoms with Crippen LogP contribution in [0, 0.1) is 13.8 Å². The molecule has 2 heterocycles. The first-order valence-electron chi connectivity index (χ1n) is 12.8. The van der Waals surface area contributed by atoms with Crippen molar-refractivity contribution < 1.29 is 38.8 Å². The number of hydrogen-bond acceptors (Lipinski definition) is 10. The fourth-order valence-electron chi connectivity index (χ4n) is 4.49. The topological polar surface area (TPSA) is 135 Å². The predicted octanol–water partition coefficient (Wildman–Crippen LogP) is 5.07. The summed E-state index contributed by atoms with van der Waals surface area (Å²) in [7, 11) is 0.